The van der Waals surface area contributed by atoms with Gasteiger partial charge < -0.3 is 10.0 Å². The molecule has 1 atom stereocenters. The third-order valence-corrected chi connectivity index (χ3v) is 2.74. The molecule has 0 spiro atoms. The van der Waals surface area contributed by atoms with Gasteiger partial charge >= 0.3 is 0 Å². The van der Waals surface area contributed by atoms with Crippen LogP contribution in [0.25, 0.3) is 0 Å². The molecule has 0 saturated heterocycles. The highest BCUT2D eigenvalue weighted by atomic mass is 19.1. The zero-order valence-electron chi connectivity index (χ0n) is 10.3. The standard InChI is InChI=1S/C14H15FN2O/c1-17(2)13-5-3-4-10(7-13)14(18)11-6-12(15)9-16-8-11/h3-9,14,18H,1-2H3. The normalized spacial score (nSPS) is 12.2. The Bertz CT molecular complexity index is 543. The Labute approximate surface area is 106 Å². The molecule has 0 amide bonds. The van der Waals surface area contributed by atoms with Crippen molar-refractivity contribution >= 4 is 5.69 Å². The van der Waals surface area contributed by atoms with Crippen molar-refractivity contribution < 1.29 is 9.50 Å². The van der Waals surface area contributed by atoms with Crippen LogP contribution in [0.3, 0.4) is 0 Å². The Morgan fingerprint density at radius 3 is 2.61 bits per heavy atom. The Morgan fingerprint density at radius 2 is 1.94 bits per heavy atom. The van der Waals surface area contributed by atoms with Gasteiger partial charge in [-0.15, -0.1) is 0 Å². The monoisotopic (exact) mass is 246 g/mol. The zero-order chi connectivity index (χ0) is 13.1. The summed E-state index contributed by atoms with van der Waals surface area (Å²) in [5.74, 6) is -0.449. The van der Waals surface area contributed by atoms with E-state index in [0.717, 1.165) is 11.9 Å². The van der Waals surface area contributed by atoms with Gasteiger partial charge in [-0.3, -0.25) is 4.98 Å². The van der Waals surface area contributed by atoms with Crippen molar-refractivity contribution in [2.45, 2.75) is 6.10 Å². The lowest BCUT2D eigenvalue weighted by Gasteiger charge is -2.16. The maximum Gasteiger partial charge on any atom is 0.141 e. The summed E-state index contributed by atoms with van der Waals surface area (Å²) in [6.07, 6.45) is 1.72. The van der Waals surface area contributed by atoms with E-state index < -0.39 is 11.9 Å². The summed E-state index contributed by atoms with van der Waals surface area (Å²) in [6.45, 7) is 0. The van der Waals surface area contributed by atoms with E-state index >= 15 is 0 Å². The van der Waals surface area contributed by atoms with Crippen LogP contribution in [0, 0.1) is 5.82 Å². The number of rotatable bonds is 3. The Balaban J connectivity index is 2.33. The number of benzene rings is 1. The minimum atomic E-state index is -0.867. The van der Waals surface area contributed by atoms with Gasteiger partial charge in [0.15, 0.2) is 0 Å². The van der Waals surface area contributed by atoms with Crippen LogP contribution in [0.1, 0.15) is 17.2 Å². The molecule has 0 saturated carbocycles. The second-order valence-electron chi connectivity index (χ2n) is 4.33. The summed E-state index contributed by atoms with van der Waals surface area (Å²) in [4.78, 5) is 5.69. The molecule has 4 heteroatoms. The van der Waals surface area contributed by atoms with E-state index in [-0.39, 0.29) is 0 Å². The number of pyridine rings is 1. The fraction of sp³-hybridized carbons (Fsp3) is 0.214. The van der Waals surface area contributed by atoms with E-state index in [1.165, 1.54) is 12.3 Å². The van der Waals surface area contributed by atoms with Gasteiger partial charge in [0.2, 0.25) is 0 Å². The van der Waals surface area contributed by atoms with Crippen molar-refractivity contribution in [1.29, 1.82) is 0 Å². The number of aromatic nitrogens is 1. The first-order valence-corrected chi connectivity index (χ1v) is 5.64. The highest BCUT2D eigenvalue weighted by molar-refractivity contribution is 5.48. The van der Waals surface area contributed by atoms with E-state index in [2.05, 4.69) is 4.98 Å². The van der Waals surface area contributed by atoms with Gasteiger partial charge in [0, 0.05) is 31.5 Å². The van der Waals surface area contributed by atoms with Gasteiger partial charge in [-0.1, -0.05) is 12.1 Å². The lowest BCUT2D eigenvalue weighted by molar-refractivity contribution is 0.219. The van der Waals surface area contributed by atoms with Gasteiger partial charge in [0.05, 0.1) is 6.20 Å². The van der Waals surface area contributed by atoms with Crippen molar-refractivity contribution in [3.05, 3.63) is 59.7 Å². The molecule has 0 bridgehead atoms. The summed E-state index contributed by atoms with van der Waals surface area (Å²) in [6, 6.07) is 8.78. The maximum absolute atomic E-state index is 13.1. The average molecular weight is 246 g/mol. The fourth-order valence-corrected chi connectivity index (χ4v) is 1.74. The molecule has 1 heterocycles. The molecule has 0 aliphatic rings. The summed E-state index contributed by atoms with van der Waals surface area (Å²) < 4.78 is 13.1. The topological polar surface area (TPSA) is 36.4 Å². The summed E-state index contributed by atoms with van der Waals surface area (Å²) >= 11 is 0. The summed E-state index contributed by atoms with van der Waals surface area (Å²) in [5.41, 5.74) is 2.15. The lowest BCUT2D eigenvalue weighted by Crippen LogP contribution is -2.09. The number of aliphatic hydroxyl groups is 1. The molecular weight excluding hydrogens is 231 g/mol. The average Bonchev–Trinajstić information content (AvgIpc) is 2.38. The molecule has 1 N–H and O–H groups in total. The van der Waals surface area contributed by atoms with Crippen LogP contribution in [-0.2, 0) is 0 Å². The van der Waals surface area contributed by atoms with Crippen molar-refractivity contribution in [2.24, 2.45) is 0 Å². The number of aliphatic hydroxyl groups excluding tert-OH is 1. The molecule has 3 nitrogen and oxygen atoms in total. The summed E-state index contributed by atoms with van der Waals surface area (Å²) in [7, 11) is 3.85. The van der Waals surface area contributed by atoms with Crippen LogP contribution < -0.4 is 4.90 Å². The first kappa shape index (κ1) is 12.5. The second-order valence-corrected chi connectivity index (χ2v) is 4.33. The van der Waals surface area contributed by atoms with Gasteiger partial charge in [-0.25, -0.2) is 4.39 Å². The number of nitrogens with zero attached hydrogens (tertiary/aromatic N) is 2. The van der Waals surface area contributed by atoms with Crippen molar-refractivity contribution in [1.82, 2.24) is 4.98 Å². The SMILES string of the molecule is CN(C)c1cccc(C(O)c2cncc(F)c2)c1. The van der Waals surface area contributed by atoms with Gasteiger partial charge in [-0.05, 0) is 23.8 Å². The van der Waals surface area contributed by atoms with Crippen LogP contribution in [0.5, 0.6) is 0 Å². The highest BCUT2D eigenvalue weighted by Crippen LogP contribution is 2.24. The number of halogens is 1. The van der Waals surface area contributed by atoms with Gasteiger partial charge in [-0.2, -0.15) is 0 Å². The molecule has 0 radical (unpaired) electrons. The first-order valence-electron chi connectivity index (χ1n) is 5.64. The third kappa shape index (κ3) is 2.65. The van der Waals surface area contributed by atoms with E-state index in [1.54, 1.807) is 0 Å². The van der Waals surface area contributed by atoms with Crippen molar-refractivity contribution in [3.8, 4) is 0 Å². The number of hydrogen-bond acceptors (Lipinski definition) is 3. The van der Waals surface area contributed by atoms with Crippen LogP contribution in [-0.4, -0.2) is 24.2 Å². The van der Waals surface area contributed by atoms with Crippen LogP contribution in [0.2, 0.25) is 0 Å². The van der Waals surface area contributed by atoms with Gasteiger partial charge in [0.25, 0.3) is 0 Å². The minimum Gasteiger partial charge on any atom is -0.384 e. The number of hydrogen-bond donors (Lipinski definition) is 1. The van der Waals surface area contributed by atoms with E-state index in [4.69, 9.17) is 0 Å². The molecule has 0 aliphatic heterocycles. The molecule has 1 aromatic heterocycles. The van der Waals surface area contributed by atoms with E-state index in [0.29, 0.717) is 11.1 Å². The lowest BCUT2D eigenvalue weighted by atomic mass is 10.0. The molecule has 1 aromatic carbocycles. The largest absolute Gasteiger partial charge is 0.384 e. The van der Waals surface area contributed by atoms with Crippen LogP contribution >= 0.6 is 0 Å². The third-order valence-electron chi connectivity index (χ3n) is 2.74. The summed E-state index contributed by atoms with van der Waals surface area (Å²) in [5, 5.41) is 10.2. The second kappa shape index (κ2) is 5.14. The molecule has 94 valence electrons. The Hall–Kier alpha value is -1.94. The number of anilines is 1. The molecule has 0 fully saturated rings. The van der Waals surface area contributed by atoms with Gasteiger partial charge in [0.1, 0.15) is 11.9 Å². The molecule has 0 aliphatic carbocycles. The molecule has 18 heavy (non-hydrogen) atoms. The first-order chi connectivity index (χ1) is 8.58. The molecular formula is C14H15FN2O. The molecule has 2 aromatic rings. The maximum atomic E-state index is 13.1. The van der Waals surface area contributed by atoms with Crippen LogP contribution in [0.15, 0.2) is 42.7 Å². The predicted molar refractivity (Wildman–Crippen MR) is 69.0 cm³/mol. The molecule has 2 rings (SSSR count). The van der Waals surface area contributed by atoms with Crippen LogP contribution in [0.4, 0.5) is 10.1 Å². The van der Waals surface area contributed by atoms with E-state index in [1.807, 2.05) is 43.3 Å². The minimum absolute atomic E-state index is 0.449. The van der Waals surface area contributed by atoms with E-state index in [9.17, 15) is 9.50 Å². The fourth-order valence-electron chi connectivity index (χ4n) is 1.74. The van der Waals surface area contributed by atoms with Crippen molar-refractivity contribution in [3.63, 3.8) is 0 Å². The zero-order valence-corrected chi connectivity index (χ0v) is 10.3. The molecule has 1 unspecified atom stereocenters. The Kier molecular flexibility index (Phi) is 3.58. The Morgan fingerprint density at radius 1 is 1.17 bits per heavy atom. The highest BCUT2D eigenvalue weighted by Gasteiger charge is 2.12. The smallest absolute Gasteiger partial charge is 0.141 e. The quantitative estimate of drug-likeness (QED) is 0.903. The van der Waals surface area contributed by atoms with Crippen molar-refractivity contribution in [2.75, 3.05) is 19.0 Å². The predicted octanol–water partition coefficient (Wildman–Crippen LogP) is 2.37.